The van der Waals surface area contributed by atoms with Gasteiger partial charge in [0.1, 0.15) is 23.9 Å². The maximum atomic E-state index is 13.0. The van der Waals surface area contributed by atoms with Gasteiger partial charge in [0.2, 0.25) is 5.91 Å². The first-order valence-corrected chi connectivity index (χ1v) is 10.7. The summed E-state index contributed by atoms with van der Waals surface area (Å²) in [6.07, 6.45) is 4.92. The number of benzene rings is 3. The van der Waals surface area contributed by atoms with E-state index in [2.05, 4.69) is 10.4 Å². The molecular weight excluding hydrogens is 433 g/mol. The monoisotopic (exact) mass is 457 g/mol. The summed E-state index contributed by atoms with van der Waals surface area (Å²) in [5.74, 6) is 1.33. The molecule has 0 fully saturated rings. The van der Waals surface area contributed by atoms with Gasteiger partial charge < -0.3 is 14.8 Å². The molecule has 4 aromatic rings. The summed E-state index contributed by atoms with van der Waals surface area (Å²) >= 11 is 0. The van der Waals surface area contributed by atoms with E-state index in [1.165, 1.54) is 18.2 Å². The van der Waals surface area contributed by atoms with Crippen LogP contribution < -0.4 is 14.8 Å². The average molecular weight is 458 g/mol. The molecule has 0 aliphatic carbocycles. The van der Waals surface area contributed by atoms with Crippen LogP contribution in [0.2, 0.25) is 0 Å². The number of amides is 1. The Kier molecular flexibility index (Phi) is 7.35. The number of carbonyl (C=O) groups excluding carboxylic acids is 1. The number of rotatable bonds is 9. The van der Waals surface area contributed by atoms with Gasteiger partial charge in [0.15, 0.2) is 5.82 Å². The topological polar surface area (TPSA) is 65.4 Å². The smallest absolute Gasteiger partial charge is 0.249 e. The number of nitrogens with one attached hydrogen (secondary N) is 1. The molecule has 0 radical (unpaired) electrons. The van der Waals surface area contributed by atoms with Gasteiger partial charge in [-0.2, -0.15) is 5.10 Å². The lowest BCUT2D eigenvalue weighted by molar-refractivity contribution is -0.111. The Morgan fingerprint density at radius 2 is 1.85 bits per heavy atom. The van der Waals surface area contributed by atoms with Gasteiger partial charge in [-0.1, -0.05) is 36.4 Å². The fraction of sp³-hybridized carbons (Fsp3) is 0.111. The predicted molar refractivity (Wildman–Crippen MR) is 129 cm³/mol. The maximum Gasteiger partial charge on any atom is 0.249 e. The number of methoxy groups -OCH3 is 1. The SMILES string of the molecule is COc1ccc(/C=C/C(=O)Nc2ccn(Cc3ccc(F)cc3)n2)cc1COc1ccccc1. The Labute approximate surface area is 197 Å². The largest absolute Gasteiger partial charge is 0.496 e. The number of anilines is 1. The molecule has 0 bridgehead atoms. The Bertz CT molecular complexity index is 1270. The minimum atomic E-state index is -0.301. The molecule has 3 aromatic carbocycles. The Morgan fingerprint density at radius 1 is 1.06 bits per heavy atom. The van der Waals surface area contributed by atoms with Crippen molar-refractivity contribution in [3.05, 3.63) is 114 Å². The third-order valence-corrected chi connectivity index (χ3v) is 5.02. The number of ether oxygens (including phenoxy) is 2. The highest BCUT2D eigenvalue weighted by atomic mass is 19.1. The van der Waals surface area contributed by atoms with E-state index in [-0.39, 0.29) is 11.7 Å². The number of hydrogen-bond donors (Lipinski definition) is 1. The number of aromatic nitrogens is 2. The summed E-state index contributed by atoms with van der Waals surface area (Å²) in [5.41, 5.74) is 2.62. The number of halogens is 1. The van der Waals surface area contributed by atoms with E-state index in [9.17, 15) is 9.18 Å². The Balaban J connectivity index is 1.36. The fourth-order valence-electron chi connectivity index (χ4n) is 3.33. The van der Waals surface area contributed by atoms with E-state index < -0.39 is 0 Å². The first-order chi connectivity index (χ1) is 16.6. The van der Waals surface area contributed by atoms with E-state index in [1.54, 1.807) is 42.3 Å². The van der Waals surface area contributed by atoms with Crippen molar-refractivity contribution in [3.63, 3.8) is 0 Å². The molecule has 6 nitrogen and oxygen atoms in total. The molecule has 0 saturated heterocycles. The lowest BCUT2D eigenvalue weighted by Gasteiger charge is -2.11. The molecule has 0 saturated carbocycles. The summed E-state index contributed by atoms with van der Waals surface area (Å²) in [7, 11) is 1.61. The van der Waals surface area contributed by atoms with Crippen LogP contribution in [0.3, 0.4) is 0 Å². The van der Waals surface area contributed by atoms with E-state index in [0.29, 0.717) is 24.7 Å². The van der Waals surface area contributed by atoms with Gasteiger partial charge in [0, 0.05) is 23.9 Å². The Hall–Kier alpha value is -4.39. The van der Waals surface area contributed by atoms with Crippen LogP contribution in [0.4, 0.5) is 10.2 Å². The molecule has 0 unspecified atom stereocenters. The van der Waals surface area contributed by atoms with Crippen LogP contribution in [0.15, 0.2) is 91.1 Å². The normalized spacial score (nSPS) is 10.9. The van der Waals surface area contributed by atoms with Crippen molar-refractivity contribution in [2.24, 2.45) is 0 Å². The summed E-state index contributed by atoms with van der Waals surface area (Å²) in [6.45, 7) is 0.818. The third-order valence-electron chi connectivity index (χ3n) is 5.02. The number of hydrogen-bond acceptors (Lipinski definition) is 4. The molecule has 0 aliphatic heterocycles. The van der Waals surface area contributed by atoms with Gasteiger partial charge >= 0.3 is 0 Å². The molecular formula is C27H24FN3O3. The molecule has 0 spiro atoms. The number of carbonyl (C=O) groups is 1. The molecule has 1 N–H and O–H groups in total. The minimum absolute atomic E-state index is 0.281. The zero-order valence-electron chi connectivity index (χ0n) is 18.6. The summed E-state index contributed by atoms with van der Waals surface area (Å²) < 4.78 is 26.0. The van der Waals surface area contributed by atoms with Crippen molar-refractivity contribution in [1.82, 2.24) is 9.78 Å². The Morgan fingerprint density at radius 3 is 2.62 bits per heavy atom. The molecule has 172 valence electrons. The molecule has 7 heteroatoms. The molecule has 1 amide bonds. The summed E-state index contributed by atoms with van der Waals surface area (Å²) in [5, 5.41) is 7.08. The summed E-state index contributed by atoms with van der Waals surface area (Å²) in [4.78, 5) is 12.4. The van der Waals surface area contributed by atoms with Gasteiger partial charge in [0.05, 0.1) is 13.7 Å². The molecule has 4 rings (SSSR count). The van der Waals surface area contributed by atoms with Gasteiger partial charge in [-0.3, -0.25) is 9.48 Å². The third kappa shape index (κ3) is 6.32. The van der Waals surface area contributed by atoms with Crippen molar-refractivity contribution in [1.29, 1.82) is 0 Å². The zero-order chi connectivity index (χ0) is 23.8. The van der Waals surface area contributed by atoms with E-state index in [0.717, 1.165) is 22.4 Å². The van der Waals surface area contributed by atoms with E-state index in [4.69, 9.17) is 9.47 Å². The summed E-state index contributed by atoms with van der Waals surface area (Å²) in [6, 6.07) is 23.1. The van der Waals surface area contributed by atoms with Crippen molar-refractivity contribution in [2.45, 2.75) is 13.2 Å². The van der Waals surface area contributed by atoms with Crippen LogP contribution in [-0.2, 0) is 17.9 Å². The van der Waals surface area contributed by atoms with Crippen molar-refractivity contribution in [3.8, 4) is 11.5 Å². The number of nitrogens with zero attached hydrogens (tertiary/aromatic N) is 2. The van der Waals surface area contributed by atoms with Crippen molar-refractivity contribution >= 4 is 17.8 Å². The molecule has 34 heavy (non-hydrogen) atoms. The first kappa shape index (κ1) is 22.8. The highest BCUT2D eigenvalue weighted by molar-refractivity contribution is 6.01. The molecule has 1 heterocycles. The molecule has 0 aliphatic rings. The second kappa shape index (κ2) is 11.0. The maximum absolute atomic E-state index is 13.0. The van der Waals surface area contributed by atoms with E-state index in [1.807, 2.05) is 48.5 Å². The van der Waals surface area contributed by atoms with Gasteiger partial charge in [-0.15, -0.1) is 0 Å². The molecule has 0 atom stereocenters. The highest BCUT2D eigenvalue weighted by Crippen LogP contribution is 2.23. The number of para-hydroxylation sites is 1. The van der Waals surface area contributed by atoms with Gasteiger partial charge in [-0.05, 0) is 53.6 Å². The average Bonchev–Trinajstić information content (AvgIpc) is 3.30. The van der Waals surface area contributed by atoms with E-state index >= 15 is 0 Å². The first-order valence-electron chi connectivity index (χ1n) is 10.7. The zero-order valence-corrected chi connectivity index (χ0v) is 18.6. The standard InChI is InChI=1S/C27H24FN3O3/c1-33-25-13-9-20(17-22(25)19-34-24-5-3-2-4-6-24)10-14-27(32)29-26-15-16-31(30-26)18-21-7-11-23(28)12-8-21/h2-17H,18-19H2,1H3,(H,29,30,32)/b14-10+. The fourth-order valence-corrected chi connectivity index (χ4v) is 3.33. The van der Waals surface area contributed by atoms with Crippen LogP contribution >= 0.6 is 0 Å². The second-order valence-corrected chi connectivity index (χ2v) is 7.52. The lowest BCUT2D eigenvalue weighted by Crippen LogP contribution is -2.09. The van der Waals surface area contributed by atoms with Crippen molar-refractivity contribution in [2.75, 3.05) is 12.4 Å². The van der Waals surface area contributed by atoms with Gasteiger partial charge in [0.25, 0.3) is 0 Å². The van der Waals surface area contributed by atoms with Gasteiger partial charge in [-0.25, -0.2) is 4.39 Å². The lowest BCUT2D eigenvalue weighted by atomic mass is 10.1. The van der Waals surface area contributed by atoms with Crippen LogP contribution in [0, 0.1) is 5.82 Å². The minimum Gasteiger partial charge on any atom is -0.496 e. The van der Waals surface area contributed by atoms with Crippen LogP contribution in [0.1, 0.15) is 16.7 Å². The van der Waals surface area contributed by atoms with Crippen LogP contribution in [-0.4, -0.2) is 22.8 Å². The van der Waals surface area contributed by atoms with Crippen LogP contribution in [0.5, 0.6) is 11.5 Å². The molecule has 1 aromatic heterocycles. The second-order valence-electron chi connectivity index (χ2n) is 7.52. The quantitative estimate of drug-likeness (QED) is 0.346. The highest BCUT2D eigenvalue weighted by Gasteiger charge is 2.07. The predicted octanol–water partition coefficient (Wildman–Crippen LogP) is 5.31. The van der Waals surface area contributed by atoms with Crippen molar-refractivity contribution < 1.29 is 18.7 Å². The van der Waals surface area contributed by atoms with Crippen LogP contribution in [0.25, 0.3) is 6.08 Å².